The Kier molecular flexibility index (Phi) is 2.63. The fourth-order valence-corrected chi connectivity index (χ4v) is 3.27. The average Bonchev–Trinajstić information content (AvgIpc) is 2.45. The van der Waals surface area contributed by atoms with Gasteiger partial charge in [0.15, 0.2) is 0 Å². The van der Waals surface area contributed by atoms with Crippen LogP contribution < -0.4 is 0 Å². The Morgan fingerprint density at radius 3 is 2.92 bits per heavy atom. The van der Waals surface area contributed by atoms with Crippen molar-refractivity contribution in [3.05, 3.63) is 32.6 Å². The van der Waals surface area contributed by atoms with Gasteiger partial charge in [0.2, 0.25) is 0 Å². The molecule has 0 unspecified atom stereocenters. The van der Waals surface area contributed by atoms with Crippen molar-refractivity contribution in [3.63, 3.8) is 0 Å². The Bertz CT molecular complexity index is 447. The minimum Gasteiger partial charge on any atom is -0.123 e. The highest BCUT2D eigenvalue weighted by Crippen LogP contribution is 2.35. The van der Waals surface area contributed by atoms with E-state index >= 15 is 0 Å². The third-order valence-corrected chi connectivity index (χ3v) is 4.05. The molecule has 0 aliphatic heterocycles. The second-order valence-corrected chi connectivity index (χ2v) is 5.41. The van der Waals surface area contributed by atoms with E-state index in [1.165, 1.54) is 20.1 Å². The van der Waals surface area contributed by atoms with Crippen LogP contribution in [0.2, 0.25) is 4.34 Å². The number of rotatable bonds is 1. The van der Waals surface area contributed by atoms with E-state index in [-0.39, 0.29) is 0 Å². The molecular formula is C10H8BrClS. The number of fused-ring (bicyclic) bond motifs is 1. The number of aryl methyl sites for hydroxylation is 1. The van der Waals surface area contributed by atoms with Crippen molar-refractivity contribution >= 4 is 49.0 Å². The number of halogens is 2. The summed E-state index contributed by atoms with van der Waals surface area (Å²) < 4.78 is 3.31. The van der Waals surface area contributed by atoms with E-state index in [1.54, 1.807) is 11.3 Å². The van der Waals surface area contributed by atoms with Crippen LogP contribution in [-0.2, 0) is 6.42 Å². The van der Waals surface area contributed by atoms with Gasteiger partial charge in [0.05, 0.1) is 4.34 Å². The molecule has 1 aromatic carbocycles. The van der Waals surface area contributed by atoms with Gasteiger partial charge < -0.3 is 0 Å². The highest BCUT2D eigenvalue weighted by atomic mass is 79.9. The van der Waals surface area contributed by atoms with Crippen molar-refractivity contribution in [2.75, 3.05) is 0 Å². The molecule has 0 radical (unpaired) electrons. The molecule has 0 aliphatic carbocycles. The van der Waals surface area contributed by atoms with Crippen LogP contribution in [0.15, 0.2) is 22.7 Å². The molecule has 68 valence electrons. The summed E-state index contributed by atoms with van der Waals surface area (Å²) in [5.41, 5.74) is 1.35. The molecule has 0 nitrogen and oxygen atoms in total. The summed E-state index contributed by atoms with van der Waals surface area (Å²) in [4.78, 5) is 0. The van der Waals surface area contributed by atoms with Crippen LogP contribution in [0.1, 0.15) is 12.5 Å². The largest absolute Gasteiger partial charge is 0.123 e. The number of hydrogen-bond donors (Lipinski definition) is 0. The van der Waals surface area contributed by atoms with Crippen LogP contribution in [0.25, 0.3) is 10.1 Å². The second-order valence-electron chi connectivity index (χ2n) is 2.84. The lowest BCUT2D eigenvalue weighted by Crippen LogP contribution is -1.82. The van der Waals surface area contributed by atoms with Gasteiger partial charge in [0.25, 0.3) is 0 Å². The topological polar surface area (TPSA) is 0 Å². The molecule has 1 aromatic heterocycles. The van der Waals surface area contributed by atoms with E-state index in [4.69, 9.17) is 11.6 Å². The van der Waals surface area contributed by atoms with Gasteiger partial charge in [-0.3, -0.25) is 0 Å². The molecule has 0 N–H and O–H groups in total. The van der Waals surface area contributed by atoms with E-state index in [1.807, 2.05) is 6.07 Å². The van der Waals surface area contributed by atoms with Crippen LogP contribution in [0, 0.1) is 0 Å². The molecule has 2 rings (SSSR count). The summed E-state index contributed by atoms with van der Waals surface area (Å²) in [5, 5.41) is 1.28. The maximum Gasteiger partial charge on any atom is 0.0940 e. The summed E-state index contributed by atoms with van der Waals surface area (Å²) in [6.45, 7) is 2.16. The van der Waals surface area contributed by atoms with Gasteiger partial charge in [0.1, 0.15) is 0 Å². The molecule has 0 saturated carbocycles. The first-order chi connectivity index (χ1) is 6.22. The standard InChI is InChI=1S/C10H8BrClS/c1-2-6-7-5-10(12)13-9(7)4-3-8(6)11/h3-5H,2H2,1H3. The molecule has 0 saturated heterocycles. The number of thiophene rings is 1. The van der Waals surface area contributed by atoms with Gasteiger partial charge in [-0.1, -0.05) is 34.5 Å². The van der Waals surface area contributed by atoms with Crippen molar-refractivity contribution in [2.45, 2.75) is 13.3 Å². The van der Waals surface area contributed by atoms with E-state index < -0.39 is 0 Å². The van der Waals surface area contributed by atoms with Crippen molar-refractivity contribution in [1.29, 1.82) is 0 Å². The van der Waals surface area contributed by atoms with Gasteiger partial charge in [0, 0.05) is 9.17 Å². The molecule has 2 aromatic rings. The van der Waals surface area contributed by atoms with E-state index in [2.05, 4.69) is 35.0 Å². The van der Waals surface area contributed by atoms with Gasteiger partial charge in [-0.15, -0.1) is 11.3 Å². The van der Waals surface area contributed by atoms with Crippen LogP contribution in [0.3, 0.4) is 0 Å². The Hall–Kier alpha value is -0.0500. The fourth-order valence-electron chi connectivity index (χ4n) is 1.47. The van der Waals surface area contributed by atoms with Gasteiger partial charge in [-0.25, -0.2) is 0 Å². The molecule has 0 spiro atoms. The first-order valence-corrected chi connectivity index (χ1v) is 6.07. The Balaban J connectivity index is 2.82. The average molecular weight is 276 g/mol. The highest BCUT2D eigenvalue weighted by Gasteiger charge is 2.06. The van der Waals surface area contributed by atoms with Crippen LogP contribution in [0.5, 0.6) is 0 Å². The minimum absolute atomic E-state index is 0.864. The lowest BCUT2D eigenvalue weighted by Gasteiger charge is -2.01. The van der Waals surface area contributed by atoms with E-state index in [0.29, 0.717) is 0 Å². The smallest absolute Gasteiger partial charge is 0.0940 e. The summed E-state index contributed by atoms with van der Waals surface area (Å²) in [5.74, 6) is 0. The third kappa shape index (κ3) is 1.63. The zero-order valence-corrected chi connectivity index (χ0v) is 10.3. The maximum absolute atomic E-state index is 5.97. The van der Waals surface area contributed by atoms with Crippen LogP contribution in [0.4, 0.5) is 0 Å². The van der Waals surface area contributed by atoms with Crippen molar-refractivity contribution in [3.8, 4) is 0 Å². The zero-order chi connectivity index (χ0) is 9.42. The summed E-state index contributed by atoms with van der Waals surface area (Å²) in [6.07, 6.45) is 1.03. The predicted octanol–water partition coefficient (Wildman–Crippen LogP) is 4.88. The van der Waals surface area contributed by atoms with E-state index in [9.17, 15) is 0 Å². The SMILES string of the molecule is CCc1c(Br)ccc2sc(Cl)cc12. The number of benzene rings is 1. The predicted molar refractivity (Wildman–Crippen MR) is 63.9 cm³/mol. The fraction of sp³-hybridized carbons (Fsp3) is 0.200. The normalized spacial score (nSPS) is 11.0. The van der Waals surface area contributed by atoms with Gasteiger partial charge in [-0.2, -0.15) is 0 Å². The molecule has 3 heteroatoms. The molecule has 0 amide bonds. The first kappa shape index (κ1) is 9.50. The summed E-state index contributed by atoms with van der Waals surface area (Å²) in [6, 6.07) is 6.24. The minimum atomic E-state index is 0.864. The molecule has 0 aliphatic rings. The molecule has 0 atom stereocenters. The van der Waals surface area contributed by atoms with E-state index in [0.717, 1.165) is 10.8 Å². The highest BCUT2D eigenvalue weighted by molar-refractivity contribution is 9.10. The van der Waals surface area contributed by atoms with Crippen molar-refractivity contribution in [1.82, 2.24) is 0 Å². The Morgan fingerprint density at radius 2 is 2.23 bits per heavy atom. The lowest BCUT2D eigenvalue weighted by atomic mass is 10.1. The monoisotopic (exact) mass is 274 g/mol. The first-order valence-electron chi connectivity index (χ1n) is 4.08. The lowest BCUT2D eigenvalue weighted by molar-refractivity contribution is 1.15. The molecule has 13 heavy (non-hydrogen) atoms. The van der Waals surface area contributed by atoms with Crippen LogP contribution in [-0.4, -0.2) is 0 Å². The van der Waals surface area contributed by atoms with Gasteiger partial charge in [-0.05, 0) is 35.6 Å². The quantitative estimate of drug-likeness (QED) is 0.696. The molecule has 0 bridgehead atoms. The molecular weight excluding hydrogens is 268 g/mol. The third-order valence-electron chi connectivity index (χ3n) is 2.08. The van der Waals surface area contributed by atoms with Crippen molar-refractivity contribution < 1.29 is 0 Å². The zero-order valence-electron chi connectivity index (χ0n) is 7.10. The Labute approximate surface area is 94.7 Å². The summed E-state index contributed by atoms with van der Waals surface area (Å²) in [7, 11) is 0. The Morgan fingerprint density at radius 1 is 1.46 bits per heavy atom. The van der Waals surface area contributed by atoms with Crippen LogP contribution >= 0.6 is 38.9 Å². The second kappa shape index (κ2) is 3.60. The molecule has 0 fully saturated rings. The summed E-state index contributed by atoms with van der Waals surface area (Å²) >= 11 is 11.2. The maximum atomic E-state index is 5.97. The molecule has 1 heterocycles. The number of hydrogen-bond acceptors (Lipinski definition) is 1. The van der Waals surface area contributed by atoms with Crippen molar-refractivity contribution in [2.24, 2.45) is 0 Å². The van der Waals surface area contributed by atoms with Gasteiger partial charge >= 0.3 is 0 Å².